The van der Waals surface area contributed by atoms with Crippen LogP contribution in [0.15, 0.2) is 60.7 Å². The number of amides is 2. The highest BCUT2D eigenvalue weighted by Gasteiger charge is 2.24. The molecule has 3 rings (SSSR count). The van der Waals surface area contributed by atoms with E-state index in [1.807, 2.05) is 24.3 Å². The molecule has 1 aliphatic rings. The maximum atomic E-state index is 11.8. The van der Waals surface area contributed by atoms with Gasteiger partial charge in [0.15, 0.2) is 0 Å². The van der Waals surface area contributed by atoms with Crippen molar-refractivity contribution in [2.24, 2.45) is 0 Å². The molecule has 140 valence electrons. The number of imide groups is 1. The van der Waals surface area contributed by atoms with E-state index in [0.29, 0.717) is 23.4 Å². The molecule has 0 spiro atoms. The van der Waals surface area contributed by atoms with Gasteiger partial charge in [0, 0.05) is 12.2 Å². The van der Waals surface area contributed by atoms with Gasteiger partial charge in [-0.1, -0.05) is 24.3 Å². The van der Waals surface area contributed by atoms with Gasteiger partial charge in [-0.3, -0.25) is 9.59 Å². The van der Waals surface area contributed by atoms with Crippen molar-refractivity contribution in [3.8, 4) is 11.8 Å². The maximum Gasteiger partial charge on any atom is 0.258 e. The first-order valence-corrected chi connectivity index (χ1v) is 9.37. The zero-order valence-corrected chi connectivity index (χ0v) is 15.9. The number of allylic oxidation sites excluding steroid dienone is 1. The van der Waals surface area contributed by atoms with E-state index in [0.717, 1.165) is 28.4 Å². The summed E-state index contributed by atoms with van der Waals surface area (Å²) in [5.41, 5.74) is 2.53. The number of carbonyl (C=O) groups is 2. The minimum absolute atomic E-state index is 0.370. The Labute approximate surface area is 168 Å². The zero-order valence-electron chi connectivity index (χ0n) is 15.0. The zero-order chi connectivity index (χ0) is 19.9. The van der Waals surface area contributed by atoms with E-state index >= 15 is 0 Å². The number of rotatable bonds is 7. The highest BCUT2D eigenvalue weighted by molar-refractivity contribution is 7.80. The van der Waals surface area contributed by atoms with E-state index in [1.54, 1.807) is 30.3 Å². The average molecular weight is 390 g/mol. The molecule has 2 aromatic carbocycles. The van der Waals surface area contributed by atoms with Gasteiger partial charge < -0.3 is 4.74 Å². The number of ether oxygens (including phenoxy) is 1. The minimum atomic E-state index is -0.370. The van der Waals surface area contributed by atoms with Crippen molar-refractivity contribution < 1.29 is 14.3 Å². The summed E-state index contributed by atoms with van der Waals surface area (Å²) in [4.78, 5) is 24.6. The molecule has 0 fully saturated rings. The van der Waals surface area contributed by atoms with E-state index < -0.39 is 0 Å². The summed E-state index contributed by atoms with van der Waals surface area (Å²) in [6.07, 6.45) is 5.13. The number of nitriles is 1. The Kier molecular flexibility index (Phi) is 6.30. The van der Waals surface area contributed by atoms with Crippen LogP contribution in [0.4, 0.5) is 5.69 Å². The van der Waals surface area contributed by atoms with E-state index in [2.05, 4.69) is 18.7 Å². The summed E-state index contributed by atoms with van der Waals surface area (Å²) in [5, 5.41) is 9.52. The average Bonchev–Trinajstić information content (AvgIpc) is 3.06. The predicted molar refractivity (Wildman–Crippen MR) is 112 cm³/mol. The van der Waals surface area contributed by atoms with Gasteiger partial charge in [0.25, 0.3) is 11.8 Å². The normalized spacial score (nSPS) is 13.7. The van der Waals surface area contributed by atoms with Gasteiger partial charge in [0.1, 0.15) is 5.75 Å². The Morgan fingerprint density at radius 2 is 1.68 bits per heavy atom. The quantitative estimate of drug-likeness (QED) is 0.256. The molecule has 0 saturated heterocycles. The van der Waals surface area contributed by atoms with E-state index in [-0.39, 0.29) is 11.8 Å². The Bertz CT molecular complexity index is 952. The van der Waals surface area contributed by atoms with Gasteiger partial charge in [-0.25, -0.2) is 4.90 Å². The standard InChI is InChI=1S/C22H18N2O3S/c23-15-18(14-16-2-8-20(9-3-16)27-12-1-13-28)17-4-6-19(7-5-17)24-21(25)10-11-22(24)26/h2-11,14,28H,1,12-13H2/b18-14+. The van der Waals surface area contributed by atoms with Crippen LogP contribution in [0.2, 0.25) is 0 Å². The third-order valence-corrected chi connectivity index (χ3v) is 4.44. The molecule has 28 heavy (non-hydrogen) atoms. The van der Waals surface area contributed by atoms with Crippen LogP contribution in [0, 0.1) is 11.3 Å². The molecular formula is C22H18N2O3S. The predicted octanol–water partition coefficient (Wildman–Crippen LogP) is 3.88. The molecule has 0 aliphatic carbocycles. The monoisotopic (exact) mass is 390 g/mol. The van der Waals surface area contributed by atoms with Crippen LogP contribution in [-0.2, 0) is 9.59 Å². The molecule has 0 saturated carbocycles. The third kappa shape index (κ3) is 4.51. The topological polar surface area (TPSA) is 70.4 Å². The van der Waals surface area contributed by atoms with Crippen LogP contribution in [0.25, 0.3) is 11.6 Å². The fraction of sp³-hybridized carbons (Fsp3) is 0.136. The van der Waals surface area contributed by atoms with Gasteiger partial charge in [-0.05, 0) is 53.6 Å². The summed E-state index contributed by atoms with van der Waals surface area (Å²) >= 11 is 4.15. The molecule has 0 bridgehead atoms. The molecule has 0 unspecified atom stereocenters. The van der Waals surface area contributed by atoms with Crippen molar-refractivity contribution in [2.45, 2.75) is 6.42 Å². The Morgan fingerprint density at radius 1 is 1.04 bits per heavy atom. The number of anilines is 1. The fourth-order valence-electron chi connectivity index (χ4n) is 2.71. The number of nitrogens with zero attached hydrogens (tertiary/aromatic N) is 2. The summed E-state index contributed by atoms with van der Waals surface area (Å²) in [6.45, 7) is 0.617. The van der Waals surface area contributed by atoms with E-state index in [4.69, 9.17) is 4.74 Å². The van der Waals surface area contributed by atoms with Crippen LogP contribution < -0.4 is 9.64 Å². The lowest BCUT2D eigenvalue weighted by molar-refractivity contribution is -0.119. The number of thiol groups is 1. The van der Waals surface area contributed by atoms with Crippen LogP contribution in [-0.4, -0.2) is 24.2 Å². The molecule has 2 amide bonds. The Hall–Kier alpha value is -3.30. The van der Waals surface area contributed by atoms with Gasteiger partial charge >= 0.3 is 0 Å². The van der Waals surface area contributed by atoms with E-state index in [1.165, 1.54) is 12.2 Å². The third-order valence-electron chi connectivity index (χ3n) is 4.13. The van der Waals surface area contributed by atoms with Gasteiger partial charge in [-0.15, -0.1) is 0 Å². The molecule has 0 aromatic heterocycles. The summed E-state index contributed by atoms with van der Waals surface area (Å²) in [6, 6.07) is 16.4. The van der Waals surface area contributed by atoms with Crippen molar-refractivity contribution in [1.29, 1.82) is 5.26 Å². The Balaban J connectivity index is 1.75. The van der Waals surface area contributed by atoms with Gasteiger partial charge in [0.05, 0.1) is 23.9 Å². The molecule has 5 nitrogen and oxygen atoms in total. The molecule has 1 aliphatic heterocycles. The summed E-state index contributed by atoms with van der Waals surface area (Å²) in [5.74, 6) is 0.813. The molecule has 6 heteroatoms. The van der Waals surface area contributed by atoms with Crippen LogP contribution in [0.3, 0.4) is 0 Å². The maximum absolute atomic E-state index is 11.8. The summed E-state index contributed by atoms with van der Waals surface area (Å²) in [7, 11) is 0. The van der Waals surface area contributed by atoms with Crippen LogP contribution in [0.1, 0.15) is 17.5 Å². The second-order valence-corrected chi connectivity index (χ2v) is 6.50. The first-order valence-electron chi connectivity index (χ1n) is 8.74. The van der Waals surface area contributed by atoms with Crippen molar-refractivity contribution in [3.05, 3.63) is 71.8 Å². The molecule has 0 radical (unpaired) electrons. The molecular weight excluding hydrogens is 372 g/mol. The highest BCUT2D eigenvalue weighted by atomic mass is 32.1. The first kappa shape index (κ1) is 19.5. The number of carbonyl (C=O) groups excluding carboxylic acids is 2. The largest absolute Gasteiger partial charge is 0.494 e. The number of hydrogen-bond acceptors (Lipinski definition) is 5. The van der Waals surface area contributed by atoms with Crippen molar-refractivity contribution >= 4 is 41.8 Å². The lowest BCUT2D eigenvalue weighted by Crippen LogP contribution is -2.29. The van der Waals surface area contributed by atoms with Crippen molar-refractivity contribution in [3.63, 3.8) is 0 Å². The lowest BCUT2D eigenvalue weighted by Gasteiger charge is -2.14. The fourth-order valence-corrected chi connectivity index (χ4v) is 2.84. The van der Waals surface area contributed by atoms with Crippen molar-refractivity contribution in [1.82, 2.24) is 0 Å². The first-order chi connectivity index (χ1) is 13.6. The van der Waals surface area contributed by atoms with Crippen molar-refractivity contribution in [2.75, 3.05) is 17.3 Å². The highest BCUT2D eigenvalue weighted by Crippen LogP contribution is 2.24. The molecule has 0 atom stereocenters. The van der Waals surface area contributed by atoms with E-state index in [9.17, 15) is 14.9 Å². The van der Waals surface area contributed by atoms with Crippen LogP contribution >= 0.6 is 12.6 Å². The van der Waals surface area contributed by atoms with Gasteiger partial charge in [0.2, 0.25) is 0 Å². The van der Waals surface area contributed by atoms with Crippen LogP contribution in [0.5, 0.6) is 5.75 Å². The van der Waals surface area contributed by atoms with Gasteiger partial charge in [-0.2, -0.15) is 17.9 Å². The molecule has 2 aromatic rings. The lowest BCUT2D eigenvalue weighted by atomic mass is 10.0. The second kappa shape index (κ2) is 9.07. The second-order valence-electron chi connectivity index (χ2n) is 6.06. The SMILES string of the molecule is N#C/C(=C\c1ccc(OCCCS)cc1)c1ccc(N2C(=O)C=CC2=O)cc1. The molecule has 0 N–H and O–H groups in total. The smallest absolute Gasteiger partial charge is 0.258 e. The summed E-state index contributed by atoms with van der Waals surface area (Å²) < 4.78 is 5.60. The number of hydrogen-bond donors (Lipinski definition) is 1. The molecule has 1 heterocycles. The number of benzene rings is 2. The minimum Gasteiger partial charge on any atom is -0.494 e. The Morgan fingerprint density at radius 3 is 2.25 bits per heavy atom.